The third kappa shape index (κ3) is 7.76. The number of hydrogen-bond donors (Lipinski definition) is 1. The van der Waals surface area contributed by atoms with Crippen molar-refractivity contribution in [3.8, 4) is 33.6 Å². The molecule has 0 atom stereocenters. The van der Waals surface area contributed by atoms with Gasteiger partial charge in [-0.2, -0.15) is 5.10 Å². The van der Waals surface area contributed by atoms with Gasteiger partial charge in [-0.05, 0) is 37.7 Å². The van der Waals surface area contributed by atoms with Crippen molar-refractivity contribution in [3.63, 3.8) is 0 Å². The number of carboxylic acid groups (broad SMARTS) is 1. The molecule has 3 N–H and O–H groups in total. The van der Waals surface area contributed by atoms with Crippen molar-refractivity contribution in [1.29, 1.82) is 0 Å². The van der Waals surface area contributed by atoms with Gasteiger partial charge in [-0.3, -0.25) is 9.48 Å². The Morgan fingerprint density at radius 3 is 1.84 bits per heavy atom. The second-order valence-corrected chi connectivity index (χ2v) is 9.00. The molecule has 5 nitrogen and oxygen atoms in total. The van der Waals surface area contributed by atoms with Gasteiger partial charge in [0.2, 0.25) is 0 Å². The number of aromatic nitrogens is 2. The van der Waals surface area contributed by atoms with E-state index in [2.05, 4.69) is 102 Å². The van der Waals surface area contributed by atoms with E-state index < -0.39 is 5.97 Å². The van der Waals surface area contributed by atoms with Crippen LogP contribution in [0.15, 0.2) is 103 Å². The van der Waals surface area contributed by atoms with Crippen LogP contribution in [0.4, 0.5) is 0 Å². The van der Waals surface area contributed by atoms with Gasteiger partial charge in [-0.25, -0.2) is 0 Å². The van der Waals surface area contributed by atoms with E-state index in [1.807, 2.05) is 6.07 Å². The second kappa shape index (κ2) is 14.6. The summed E-state index contributed by atoms with van der Waals surface area (Å²) in [5, 5.41) is 13.9. The lowest BCUT2D eigenvalue weighted by atomic mass is 9.96. The van der Waals surface area contributed by atoms with Crippen LogP contribution in [0.3, 0.4) is 0 Å². The minimum atomic E-state index is -0.720. The van der Waals surface area contributed by atoms with Gasteiger partial charge in [-0.1, -0.05) is 110 Å². The van der Waals surface area contributed by atoms with E-state index in [0.29, 0.717) is 6.42 Å². The van der Waals surface area contributed by atoms with E-state index in [4.69, 9.17) is 10.2 Å². The minimum Gasteiger partial charge on any atom is -0.481 e. The lowest BCUT2D eigenvalue weighted by Gasteiger charge is -2.11. The standard InChI is InChI=1S/C32H34N2O2.H2O/c35-29(36)24-16-5-3-1-2-4-6-17-25-34-32(28-22-14-9-15-23-28)30(26-18-10-7-11-19-26)31(33-34)27-20-12-8-13-21-27;/h1,3,7-15,18-23H,2,4-6,16-17,24-25H2,(H,35,36);1H2/b3-1+;. The minimum absolute atomic E-state index is 0. The quantitative estimate of drug-likeness (QED) is 0.154. The third-order valence-electron chi connectivity index (χ3n) is 6.28. The molecule has 0 unspecified atom stereocenters. The molecule has 37 heavy (non-hydrogen) atoms. The predicted molar refractivity (Wildman–Crippen MR) is 151 cm³/mol. The van der Waals surface area contributed by atoms with Crippen molar-refractivity contribution >= 4 is 5.97 Å². The summed E-state index contributed by atoms with van der Waals surface area (Å²) >= 11 is 0. The fraction of sp³-hybridized carbons (Fsp3) is 0.250. The molecule has 0 saturated heterocycles. The molecule has 1 aromatic heterocycles. The fourth-order valence-electron chi connectivity index (χ4n) is 4.50. The van der Waals surface area contributed by atoms with Gasteiger partial charge < -0.3 is 10.6 Å². The third-order valence-corrected chi connectivity index (χ3v) is 6.28. The van der Waals surface area contributed by atoms with Crippen LogP contribution in [0, 0.1) is 0 Å². The smallest absolute Gasteiger partial charge is 0.303 e. The maximum Gasteiger partial charge on any atom is 0.303 e. The van der Waals surface area contributed by atoms with E-state index >= 15 is 0 Å². The molecule has 0 spiro atoms. The lowest BCUT2D eigenvalue weighted by molar-refractivity contribution is -0.137. The number of hydrogen-bond acceptors (Lipinski definition) is 2. The van der Waals surface area contributed by atoms with Crippen molar-refractivity contribution < 1.29 is 15.4 Å². The largest absolute Gasteiger partial charge is 0.481 e. The highest BCUT2D eigenvalue weighted by Crippen LogP contribution is 2.40. The second-order valence-electron chi connectivity index (χ2n) is 9.00. The van der Waals surface area contributed by atoms with Crippen molar-refractivity contribution in [2.24, 2.45) is 0 Å². The molecule has 0 aliphatic heterocycles. The molecule has 0 fully saturated rings. The molecule has 0 aliphatic carbocycles. The van der Waals surface area contributed by atoms with Gasteiger partial charge in [0.05, 0.1) is 5.69 Å². The normalized spacial score (nSPS) is 10.9. The average Bonchev–Trinajstić information content (AvgIpc) is 3.30. The van der Waals surface area contributed by atoms with Gasteiger partial charge in [0.15, 0.2) is 0 Å². The topological polar surface area (TPSA) is 86.6 Å². The van der Waals surface area contributed by atoms with E-state index in [1.54, 1.807) is 0 Å². The van der Waals surface area contributed by atoms with Gasteiger partial charge in [-0.15, -0.1) is 0 Å². The van der Waals surface area contributed by atoms with Gasteiger partial charge in [0.25, 0.3) is 0 Å². The zero-order valence-corrected chi connectivity index (χ0v) is 21.2. The Kier molecular flexibility index (Phi) is 10.9. The van der Waals surface area contributed by atoms with Gasteiger partial charge >= 0.3 is 5.97 Å². The fourth-order valence-corrected chi connectivity index (χ4v) is 4.50. The number of nitrogens with zero attached hydrogens (tertiary/aromatic N) is 2. The Morgan fingerprint density at radius 1 is 0.703 bits per heavy atom. The van der Waals surface area contributed by atoms with Crippen LogP contribution < -0.4 is 0 Å². The average molecular weight is 497 g/mol. The highest BCUT2D eigenvalue weighted by Gasteiger charge is 2.21. The number of rotatable bonds is 13. The first kappa shape index (κ1) is 27.6. The summed E-state index contributed by atoms with van der Waals surface area (Å²) < 4.78 is 2.20. The number of benzene rings is 3. The van der Waals surface area contributed by atoms with Crippen LogP contribution in [0.5, 0.6) is 0 Å². The Labute approximate surface area is 219 Å². The zero-order valence-electron chi connectivity index (χ0n) is 21.2. The van der Waals surface area contributed by atoms with Crippen LogP contribution in [-0.4, -0.2) is 26.3 Å². The van der Waals surface area contributed by atoms with Crippen LogP contribution in [0.1, 0.15) is 44.9 Å². The molecular weight excluding hydrogens is 460 g/mol. The first-order chi connectivity index (χ1) is 17.7. The summed E-state index contributed by atoms with van der Waals surface area (Å²) in [6, 6.07) is 31.6. The van der Waals surface area contributed by atoms with Crippen LogP contribution in [-0.2, 0) is 11.3 Å². The van der Waals surface area contributed by atoms with E-state index in [-0.39, 0.29) is 11.9 Å². The molecule has 0 amide bonds. The number of aliphatic carboxylic acids is 1. The summed E-state index contributed by atoms with van der Waals surface area (Å²) in [4.78, 5) is 10.6. The van der Waals surface area contributed by atoms with Crippen LogP contribution >= 0.6 is 0 Å². The highest BCUT2D eigenvalue weighted by molar-refractivity contribution is 5.91. The molecule has 0 saturated carbocycles. The molecular formula is C32H36N2O3. The zero-order chi connectivity index (χ0) is 25.0. The molecule has 5 heteroatoms. The Bertz CT molecular complexity index is 1250. The number of carbonyl (C=O) groups is 1. The monoisotopic (exact) mass is 496 g/mol. The Morgan fingerprint density at radius 2 is 1.24 bits per heavy atom. The number of allylic oxidation sites excluding steroid dienone is 2. The Balaban J connectivity index is 0.00000380. The van der Waals surface area contributed by atoms with Crippen LogP contribution in [0.2, 0.25) is 0 Å². The van der Waals surface area contributed by atoms with Crippen LogP contribution in [0.25, 0.3) is 33.6 Å². The number of unbranched alkanes of at least 4 members (excludes halogenated alkanes) is 4. The molecule has 1 heterocycles. The molecule has 0 radical (unpaired) electrons. The van der Waals surface area contributed by atoms with E-state index in [1.165, 1.54) is 22.4 Å². The molecule has 192 valence electrons. The van der Waals surface area contributed by atoms with Gasteiger partial charge in [0, 0.05) is 29.7 Å². The van der Waals surface area contributed by atoms with Crippen molar-refractivity contribution in [2.45, 2.75) is 51.5 Å². The summed E-state index contributed by atoms with van der Waals surface area (Å²) in [6.07, 6.45) is 10.4. The number of aryl methyl sites for hydroxylation is 1. The molecule has 0 aliphatic rings. The summed E-state index contributed by atoms with van der Waals surface area (Å²) in [6.45, 7) is 0.860. The SMILES string of the molecule is O.O=C(O)CCC/C=C/CCCCCn1nc(-c2ccccc2)c(-c2ccccc2)c1-c1ccccc1. The highest BCUT2D eigenvalue weighted by atomic mass is 16.4. The predicted octanol–water partition coefficient (Wildman–Crippen LogP) is 7.43. The molecule has 4 aromatic rings. The maximum atomic E-state index is 10.6. The van der Waals surface area contributed by atoms with E-state index in [0.717, 1.165) is 49.9 Å². The molecule has 3 aromatic carbocycles. The lowest BCUT2D eigenvalue weighted by Crippen LogP contribution is -2.03. The Hall–Kier alpha value is -3.96. The van der Waals surface area contributed by atoms with Crippen molar-refractivity contribution in [1.82, 2.24) is 9.78 Å². The van der Waals surface area contributed by atoms with Crippen molar-refractivity contribution in [3.05, 3.63) is 103 Å². The maximum absolute atomic E-state index is 10.6. The summed E-state index contributed by atoms with van der Waals surface area (Å²) in [7, 11) is 0. The summed E-state index contributed by atoms with van der Waals surface area (Å²) in [5.74, 6) is -0.720. The number of carboxylic acids is 1. The summed E-state index contributed by atoms with van der Waals surface area (Å²) in [5.41, 5.74) is 6.84. The van der Waals surface area contributed by atoms with E-state index in [9.17, 15) is 4.79 Å². The first-order valence-electron chi connectivity index (χ1n) is 12.9. The molecule has 4 rings (SSSR count). The molecule has 0 bridgehead atoms. The van der Waals surface area contributed by atoms with Gasteiger partial charge in [0.1, 0.15) is 5.69 Å². The first-order valence-corrected chi connectivity index (χ1v) is 12.9. The van der Waals surface area contributed by atoms with Crippen molar-refractivity contribution in [2.75, 3.05) is 0 Å².